The number of Topliss-reactive ketones (excluding diaryl/α,β-unsaturated/α-hetero) is 2. The fourth-order valence-electron chi connectivity index (χ4n) is 17.9. The van der Waals surface area contributed by atoms with Crippen LogP contribution < -0.4 is 0 Å². The molecule has 0 aliphatic carbocycles. The van der Waals surface area contributed by atoms with Gasteiger partial charge in [0.15, 0.2) is 37.9 Å². The van der Waals surface area contributed by atoms with Gasteiger partial charge in [0.05, 0.1) is 65.0 Å². The standard InChI is InChI=1S/C45H79N5O10Si.C39H67N5O10/c1-20-34(60-61(18,19)42(8,9)10)45(14)37(50(41(53)59-45)24-22-21-23-47-48-46)30(5)35(51)27(2)26-44(13,54-17)38(31(6)36-32(7)39(52)58-43(11,12)57-36)56-40-29(4)33(49(15)16)25-28(3)55-40;1-15-29(45)39(11)32(44(36(48)54-39)19-17-16-18-41-42-40)25(5)30(46)22(2)21-38(10,49-14)33(26(6)31-27(7)34(47)53-37(8,9)52-31)51-35-24(4)28(43(12)13)20-23(3)50-35/h27-29,31,33-34,37-38,40H,5,20-26H2,1-4,6-19H3;22-26,28-29,32-33,35,45H,15-21H2,1-14H3/t27-,28?,29?,31+,33?,34-,37-,38-,40+,44-,45-;22-,23?,24?,25+,26+,28?,29-,32-,33-,35+,38-,39-/m11/s1. The first kappa shape index (κ1) is 99.6. The van der Waals surface area contributed by atoms with Gasteiger partial charge in [-0.05, 0) is 177 Å². The third kappa shape index (κ3) is 23.4. The van der Waals surface area contributed by atoms with Crippen LogP contribution in [0.3, 0.4) is 0 Å². The second kappa shape index (κ2) is 40.4. The zero-order chi connectivity index (χ0) is 87.6. The van der Waals surface area contributed by atoms with Crippen molar-refractivity contribution >= 4 is 44.0 Å². The van der Waals surface area contributed by atoms with Crippen molar-refractivity contribution in [2.75, 3.05) is 68.6 Å². The maximum absolute atomic E-state index is 15.0. The van der Waals surface area contributed by atoms with Crippen LogP contribution in [0.1, 0.15) is 230 Å². The van der Waals surface area contributed by atoms with Crippen LogP contribution in [0.25, 0.3) is 20.9 Å². The van der Waals surface area contributed by atoms with Gasteiger partial charge in [0.2, 0.25) is 11.6 Å². The Morgan fingerprint density at radius 1 is 0.635 bits per heavy atom. The van der Waals surface area contributed by atoms with Gasteiger partial charge in [-0.2, -0.15) is 0 Å². The maximum Gasteiger partial charge on any atom is 0.411 e. The Bertz CT molecular complexity index is 3540. The molecule has 0 spiro atoms. The minimum Gasteiger partial charge on any atom is -0.456 e. The molecular weight excluding hydrogens is 1500 g/mol. The van der Waals surface area contributed by atoms with Crippen molar-refractivity contribution in [1.82, 2.24) is 19.6 Å². The summed E-state index contributed by atoms with van der Waals surface area (Å²) in [6.45, 7) is 55.1. The molecule has 656 valence electrons. The number of nitrogens with zero attached hydrogens (tertiary/aromatic N) is 10. The molecule has 4 saturated heterocycles. The third-order valence-corrected chi connectivity index (χ3v) is 30.0. The number of unbranched alkanes of at least 4 members (excludes halogenated alkanes) is 2. The van der Waals surface area contributed by atoms with Crippen LogP contribution in [-0.2, 0) is 80.4 Å². The predicted octanol–water partition coefficient (Wildman–Crippen LogP) is 15.7. The van der Waals surface area contributed by atoms with E-state index in [4.69, 9.17) is 72.3 Å². The normalized spacial score (nSPS) is 29.9. The van der Waals surface area contributed by atoms with Gasteiger partial charge in [-0.15, -0.1) is 0 Å². The average Bonchev–Trinajstić information content (AvgIpc) is 1.63. The quantitative estimate of drug-likeness (QED) is 0.00870. The number of esters is 2. The van der Waals surface area contributed by atoms with Gasteiger partial charge in [0.1, 0.15) is 23.3 Å². The van der Waals surface area contributed by atoms with E-state index >= 15 is 4.79 Å². The number of ether oxygens (including phenoxy) is 12. The molecule has 6 rings (SSSR count). The van der Waals surface area contributed by atoms with Crippen molar-refractivity contribution in [2.45, 2.75) is 356 Å². The number of hydrogen-bond acceptors (Lipinski definition) is 24. The van der Waals surface area contributed by atoms with Crippen LogP contribution in [0.15, 0.2) is 45.0 Å². The minimum absolute atomic E-state index is 0.0323. The van der Waals surface area contributed by atoms with Crippen molar-refractivity contribution in [3.63, 3.8) is 0 Å². The summed E-state index contributed by atoms with van der Waals surface area (Å²) >= 11 is 0. The Labute approximate surface area is 687 Å². The van der Waals surface area contributed by atoms with Crippen LogP contribution >= 0.6 is 0 Å². The van der Waals surface area contributed by atoms with Gasteiger partial charge >= 0.3 is 24.1 Å². The highest BCUT2D eigenvalue weighted by Crippen LogP contribution is 2.49. The predicted molar refractivity (Wildman–Crippen MR) is 440 cm³/mol. The number of methoxy groups -OCH3 is 2. The molecule has 31 heteroatoms. The maximum atomic E-state index is 15.0. The highest BCUT2D eigenvalue weighted by atomic mass is 28.4. The summed E-state index contributed by atoms with van der Waals surface area (Å²) in [5.41, 5.74) is 13.5. The fourth-order valence-corrected chi connectivity index (χ4v) is 19.3. The summed E-state index contributed by atoms with van der Waals surface area (Å²) in [5.74, 6) is -6.19. The van der Waals surface area contributed by atoms with Crippen LogP contribution in [0.4, 0.5) is 9.59 Å². The number of cyclic esters (lactones) is 4. The van der Waals surface area contributed by atoms with E-state index in [1.807, 2.05) is 97.4 Å². The number of hydrogen-bond donors (Lipinski definition) is 1. The summed E-state index contributed by atoms with van der Waals surface area (Å²) in [4.78, 5) is 96.2. The number of carbonyl (C=O) groups excluding carboxylic acids is 6. The Morgan fingerprint density at radius 2 is 1.03 bits per heavy atom. The largest absolute Gasteiger partial charge is 0.456 e. The van der Waals surface area contributed by atoms with E-state index in [0.717, 1.165) is 12.8 Å². The number of ketones is 2. The molecule has 2 amide bonds. The van der Waals surface area contributed by atoms with E-state index < -0.39 is 145 Å². The molecular formula is C84H146N10O20Si. The zero-order valence-corrected chi connectivity index (χ0v) is 76.8. The third-order valence-electron chi connectivity index (χ3n) is 25.5. The number of aliphatic hydroxyl groups is 1. The first-order chi connectivity index (χ1) is 53.1. The minimum atomic E-state index is -2.39. The lowest BCUT2D eigenvalue weighted by Crippen LogP contribution is -2.58. The molecule has 0 saturated carbocycles. The second-order valence-electron chi connectivity index (χ2n) is 37.0. The van der Waals surface area contributed by atoms with Gasteiger partial charge in [0, 0.05) is 137 Å². The van der Waals surface area contributed by atoms with Crippen molar-refractivity contribution in [2.24, 2.45) is 51.7 Å². The van der Waals surface area contributed by atoms with E-state index in [0.29, 0.717) is 61.2 Å². The zero-order valence-electron chi connectivity index (χ0n) is 75.8. The lowest BCUT2D eigenvalue weighted by atomic mass is 9.74. The average molecular weight is 1640 g/mol. The molecule has 6 aliphatic rings. The molecule has 0 aromatic heterocycles. The van der Waals surface area contributed by atoms with Crippen molar-refractivity contribution in [3.8, 4) is 0 Å². The Kier molecular flexibility index (Phi) is 35.0. The molecule has 115 heavy (non-hydrogen) atoms. The van der Waals surface area contributed by atoms with Crippen LogP contribution in [-0.4, -0.2) is 245 Å². The summed E-state index contributed by atoms with van der Waals surface area (Å²) in [6.07, 6.45) is -0.700. The Balaban J connectivity index is 0.000000413. The lowest BCUT2D eigenvalue weighted by Gasteiger charge is -2.48. The molecule has 6 unspecified atom stereocenters. The molecule has 0 aromatic carbocycles. The van der Waals surface area contributed by atoms with E-state index in [9.17, 15) is 29.1 Å². The molecule has 6 aliphatic heterocycles. The molecule has 0 bridgehead atoms. The Hall–Kier alpha value is -5.92. The van der Waals surface area contributed by atoms with Crippen molar-refractivity contribution in [3.05, 3.63) is 55.7 Å². The van der Waals surface area contributed by atoms with Gasteiger partial charge < -0.3 is 81.1 Å². The fraction of sp³-hybridized carbons (Fsp3) is 0.857. The number of aliphatic hydroxyl groups excluding tert-OH is 1. The van der Waals surface area contributed by atoms with E-state index in [-0.39, 0.29) is 97.3 Å². The highest BCUT2D eigenvalue weighted by molar-refractivity contribution is 6.74. The van der Waals surface area contributed by atoms with Gasteiger partial charge in [-0.1, -0.05) is 99.9 Å². The first-order valence-electron chi connectivity index (χ1n) is 41.6. The van der Waals surface area contributed by atoms with Crippen molar-refractivity contribution in [1.29, 1.82) is 0 Å². The van der Waals surface area contributed by atoms with Gasteiger partial charge in [0.25, 0.3) is 0 Å². The molecule has 4 fully saturated rings. The van der Waals surface area contributed by atoms with E-state index in [2.05, 4.69) is 84.1 Å². The van der Waals surface area contributed by atoms with Crippen LogP contribution in [0, 0.1) is 41.4 Å². The number of azide groups is 2. The second-order valence-corrected chi connectivity index (χ2v) is 41.8. The molecule has 6 heterocycles. The first-order valence-corrected chi connectivity index (χ1v) is 44.5. The van der Waals surface area contributed by atoms with E-state index in [1.165, 1.54) is 4.90 Å². The topological polar surface area (TPSA) is 353 Å². The summed E-state index contributed by atoms with van der Waals surface area (Å²) in [6, 6.07) is -1.26. The molecule has 0 radical (unpaired) electrons. The monoisotopic (exact) mass is 1640 g/mol. The van der Waals surface area contributed by atoms with Crippen LogP contribution in [0.5, 0.6) is 0 Å². The summed E-state index contributed by atoms with van der Waals surface area (Å²) < 4.78 is 82.7. The smallest absolute Gasteiger partial charge is 0.411 e. The summed E-state index contributed by atoms with van der Waals surface area (Å²) in [5, 5.41) is 18.3. The SMILES string of the molecule is C=C(C(=O)[C@H](C)C[C@@](C)(OC)[C@H](O[C@@H]1OC(C)CC(N(C)C)C1C)[C@@H](C)C1=C(C)C(=O)OC(C)(C)O1)[C@H]1N(CCCCN=[N+]=[N-])C(=O)O[C@]1(C)[C@@H](CC)O[Si](C)(C)C(C)(C)C.CC[C@@H](O)[C@@]1(C)OC(=O)N(CCCCN=[N+]=[N-])[C@@H]1[C@@H](C)C(=O)[C@H](C)C[C@@](C)(OC)[C@H](O[C@@H]1OC(C)CC(N(C)C)C1C)[C@@H](C)C1=C(C)C(=O)OC(C)(C)O1. The molecule has 0 aromatic rings. The molecule has 30 nitrogen and oxygen atoms in total. The van der Waals surface area contributed by atoms with Gasteiger partial charge in [-0.3, -0.25) is 14.5 Å². The lowest BCUT2D eigenvalue weighted by molar-refractivity contribution is -0.285. The van der Waals surface area contributed by atoms with E-state index in [1.54, 1.807) is 81.4 Å². The highest BCUT2D eigenvalue weighted by Gasteiger charge is 2.62. The molecule has 23 atom stereocenters. The Morgan fingerprint density at radius 3 is 1.42 bits per heavy atom. The van der Waals surface area contributed by atoms with Crippen molar-refractivity contribution < 1.29 is 95.1 Å². The van der Waals surface area contributed by atoms with Gasteiger partial charge in [-0.25, -0.2) is 19.2 Å². The summed E-state index contributed by atoms with van der Waals surface area (Å²) in [7, 11) is 8.97. The van der Waals surface area contributed by atoms with Crippen LogP contribution in [0.2, 0.25) is 18.1 Å². The number of rotatable bonds is 40. The number of amides is 2. The number of carbonyl (C=O) groups is 6. The molecule has 1 N–H and O–H groups in total.